The maximum atomic E-state index is 13.4. The van der Waals surface area contributed by atoms with Gasteiger partial charge in [0, 0.05) is 44.1 Å². The number of carbonyl (C=O) groups excluding carboxylic acids is 2. The van der Waals surface area contributed by atoms with E-state index in [0.717, 1.165) is 26.2 Å². The molecule has 0 radical (unpaired) electrons. The predicted molar refractivity (Wildman–Crippen MR) is 115 cm³/mol. The van der Waals surface area contributed by atoms with Crippen LogP contribution in [0.15, 0.2) is 65.9 Å². The second-order valence-corrected chi connectivity index (χ2v) is 7.57. The number of amides is 2. The van der Waals surface area contributed by atoms with Gasteiger partial charge in [-0.05, 0) is 29.8 Å². The number of rotatable bonds is 5. The minimum Gasteiger partial charge on any atom is -0.466 e. The fourth-order valence-corrected chi connectivity index (χ4v) is 4.03. The van der Waals surface area contributed by atoms with Gasteiger partial charge in [-0.15, -0.1) is 0 Å². The molecule has 2 aromatic carbocycles. The van der Waals surface area contributed by atoms with E-state index >= 15 is 0 Å². The highest BCUT2D eigenvalue weighted by Crippen LogP contribution is 2.28. The molecular formula is C23H25FN4O3. The van der Waals surface area contributed by atoms with Crippen LogP contribution in [0, 0.1) is 5.82 Å². The first-order chi connectivity index (χ1) is 15.0. The Morgan fingerprint density at radius 1 is 1.06 bits per heavy atom. The van der Waals surface area contributed by atoms with Gasteiger partial charge in [0.1, 0.15) is 5.82 Å². The molecule has 0 saturated carbocycles. The van der Waals surface area contributed by atoms with Gasteiger partial charge in [-0.2, -0.15) is 0 Å². The number of hydrogen-bond donors (Lipinski definition) is 2. The average molecular weight is 424 g/mol. The lowest BCUT2D eigenvalue weighted by Gasteiger charge is -2.38. The van der Waals surface area contributed by atoms with E-state index in [-0.39, 0.29) is 5.82 Å². The molecule has 0 bridgehead atoms. The largest absolute Gasteiger partial charge is 0.466 e. The van der Waals surface area contributed by atoms with Gasteiger partial charge in [0.2, 0.25) is 0 Å². The van der Waals surface area contributed by atoms with Gasteiger partial charge in [-0.25, -0.2) is 14.0 Å². The lowest BCUT2D eigenvalue weighted by molar-refractivity contribution is -0.136. The number of para-hydroxylation sites is 1. The van der Waals surface area contributed by atoms with Crippen molar-refractivity contribution >= 4 is 17.7 Å². The van der Waals surface area contributed by atoms with Crippen LogP contribution < -0.4 is 15.5 Å². The fourth-order valence-electron chi connectivity index (χ4n) is 4.03. The number of esters is 1. The summed E-state index contributed by atoms with van der Waals surface area (Å²) in [4.78, 5) is 29.5. The number of piperazine rings is 1. The first-order valence-electron chi connectivity index (χ1n) is 10.2. The average Bonchev–Trinajstić information content (AvgIpc) is 2.80. The van der Waals surface area contributed by atoms with Gasteiger partial charge in [0.15, 0.2) is 0 Å². The van der Waals surface area contributed by atoms with Gasteiger partial charge < -0.3 is 20.3 Å². The minimum absolute atomic E-state index is 0.333. The number of anilines is 1. The summed E-state index contributed by atoms with van der Waals surface area (Å²) in [6.45, 7) is 3.68. The number of halogens is 1. The molecule has 2 aliphatic heterocycles. The maximum absolute atomic E-state index is 13.4. The molecule has 8 heteroatoms. The number of carbonyl (C=O) groups is 2. The smallest absolute Gasteiger partial charge is 0.338 e. The molecule has 1 atom stereocenters. The van der Waals surface area contributed by atoms with Crippen molar-refractivity contribution in [2.45, 2.75) is 6.04 Å². The Hall–Kier alpha value is -3.39. The summed E-state index contributed by atoms with van der Waals surface area (Å²) in [6.07, 6.45) is 0. The summed E-state index contributed by atoms with van der Waals surface area (Å²) in [5.74, 6) is -0.913. The van der Waals surface area contributed by atoms with Crippen molar-refractivity contribution in [3.63, 3.8) is 0 Å². The molecule has 2 heterocycles. The third-order valence-corrected chi connectivity index (χ3v) is 5.64. The SMILES string of the molecule is COC(=O)C1=C(CN2CCN(c3ccccc3)CC2)NC(=O)N[C@@H]1c1ccc(F)cc1. The number of urea groups is 1. The van der Waals surface area contributed by atoms with Crippen molar-refractivity contribution in [3.05, 3.63) is 77.2 Å². The lowest BCUT2D eigenvalue weighted by Crippen LogP contribution is -2.51. The molecule has 0 aromatic heterocycles. The number of methoxy groups -OCH3 is 1. The second-order valence-electron chi connectivity index (χ2n) is 7.57. The molecule has 0 aliphatic carbocycles. The Balaban J connectivity index is 1.54. The van der Waals surface area contributed by atoms with Crippen molar-refractivity contribution < 1.29 is 18.7 Å². The molecular weight excluding hydrogens is 399 g/mol. The van der Waals surface area contributed by atoms with Crippen molar-refractivity contribution in [3.8, 4) is 0 Å². The Kier molecular flexibility index (Phi) is 6.18. The zero-order valence-corrected chi connectivity index (χ0v) is 17.3. The molecule has 1 saturated heterocycles. The van der Waals surface area contributed by atoms with E-state index in [1.165, 1.54) is 24.9 Å². The van der Waals surface area contributed by atoms with Crippen LogP contribution in [0.2, 0.25) is 0 Å². The summed E-state index contributed by atoms with van der Waals surface area (Å²) in [7, 11) is 1.31. The van der Waals surface area contributed by atoms with Crippen LogP contribution in [0.5, 0.6) is 0 Å². The molecule has 2 N–H and O–H groups in total. The summed E-state index contributed by atoms with van der Waals surface area (Å²) < 4.78 is 18.4. The monoisotopic (exact) mass is 424 g/mol. The molecule has 4 rings (SSSR count). The van der Waals surface area contributed by atoms with Crippen LogP contribution in [0.3, 0.4) is 0 Å². The summed E-state index contributed by atoms with van der Waals surface area (Å²) in [5, 5.41) is 5.54. The molecule has 162 valence electrons. The number of nitrogens with one attached hydrogen (secondary N) is 2. The third kappa shape index (κ3) is 4.69. The summed E-state index contributed by atoms with van der Waals surface area (Å²) in [5.41, 5.74) is 2.64. The molecule has 1 fully saturated rings. The molecule has 7 nitrogen and oxygen atoms in total. The number of nitrogens with zero attached hydrogens (tertiary/aromatic N) is 2. The Labute approximate surface area is 180 Å². The van der Waals surface area contributed by atoms with Crippen molar-refractivity contribution in [2.24, 2.45) is 0 Å². The summed E-state index contributed by atoms with van der Waals surface area (Å²) in [6, 6.07) is 14.9. The normalized spacial score (nSPS) is 19.6. The highest BCUT2D eigenvalue weighted by atomic mass is 19.1. The zero-order chi connectivity index (χ0) is 21.8. The van der Waals surface area contributed by atoms with Crippen LogP contribution >= 0.6 is 0 Å². The highest BCUT2D eigenvalue weighted by molar-refractivity contribution is 5.95. The Bertz CT molecular complexity index is 970. The van der Waals surface area contributed by atoms with Gasteiger partial charge in [-0.1, -0.05) is 30.3 Å². The number of ether oxygens (including phenoxy) is 1. The Morgan fingerprint density at radius 2 is 1.74 bits per heavy atom. The summed E-state index contributed by atoms with van der Waals surface area (Å²) >= 11 is 0. The first-order valence-corrected chi connectivity index (χ1v) is 10.2. The van der Waals surface area contributed by atoms with E-state index in [1.54, 1.807) is 12.1 Å². The van der Waals surface area contributed by atoms with Gasteiger partial charge in [-0.3, -0.25) is 4.90 Å². The van der Waals surface area contributed by atoms with Crippen LogP contribution in [0.4, 0.5) is 14.9 Å². The number of benzene rings is 2. The van der Waals surface area contributed by atoms with Gasteiger partial charge in [0.25, 0.3) is 0 Å². The molecule has 0 unspecified atom stereocenters. The van der Waals surface area contributed by atoms with E-state index < -0.39 is 18.0 Å². The number of hydrogen-bond acceptors (Lipinski definition) is 5. The molecule has 2 aliphatic rings. The lowest BCUT2D eigenvalue weighted by atomic mass is 9.95. The van der Waals surface area contributed by atoms with Crippen molar-refractivity contribution in [1.82, 2.24) is 15.5 Å². The maximum Gasteiger partial charge on any atom is 0.338 e. The van der Waals surface area contributed by atoms with Crippen LogP contribution in [0.25, 0.3) is 0 Å². The van der Waals surface area contributed by atoms with Crippen LogP contribution in [-0.4, -0.2) is 56.7 Å². The van der Waals surface area contributed by atoms with Crippen molar-refractivity contribution in [2.75, 3.05) is 44.7 Å². The van der Waals surface area contributed by atoms with Crippen LogP contribution in [0.1, 0.15) is 11.6 Å². The van der Waals surface area contributed by atoms with Crippen LogP contribution in [-0.2, 0) is 9.53 Å². The first kappa shape index (κ1) is 20.9. The van der Waals surface area contributed by atoms with Crippen molar-refractivity contribution in [1.29, 1.82) is 0 Å². The van der Waals surface area contributed by atoms with Gasteiger partial charge >= 0.3 is 12.0 Å². The predicted octanol–water partition coefficient (Wildman–Crippen LogP) is 2.43. The second kappa shape index (κ2) is 9.18. The van der Waals surface area contributed by atoms with E-state index in [0.29, 0.717) is 23.4 Å². The minimum atomic E-state index is -0.706. The van der Waals surface area contributed by atoms with E-state index in [2.05, 4.69) is 32.6 Å². The van der Waals surface area contributed by atoms with E-state index in [4.69, 9.17) is 4.74 Å². The van der Waals surface area contributed by atoms with Gasteiger partial charge in [0.05, 0.1) is 18.7 Å². The molecule has 2 amide bonds. The third-order valence-electron chi connectivity index (χ3n) is 5.64. The zero-order valence-electron chi connectivity index (χ0n) is 17.3. The highest BCUT2D eigenvalue weighted by Gasteiger charge is 2.34. The molecule has 0 spiro atoms. The topological polar surface area (TPSA) is 73.9 Å². The van der Waals surface area contributed by atoms with E-state index in [9.17, 15) is 14.0 Å². The van der Waals surface area contributed by atoms with E-state index in [1.807, 2.05) is 18.2 Å². The molecule has 2 aromatic rings. The quantitative estimate of drug-likeness (QED) is 0.722. The molecule has 31 heavy (non-hydrogen) atoms. The standard InChI is InChI=1S/C23H25FN4O3/c1-31-22(29)20-19(25-23(30)26-21(20)16-7-9-17(24)10-8-16)15-27-11-13-28(14-12-27)18-5-3-2-4-6-18/h2-10,21H,11-15H2,1H3,(H2,25,26,30)/t21-/m1/s1. The Morgan fingerprint density at radius 3 is 2.39 bits per heavy atom. The fraction of sp³-hybridized carbons (Fsp3) is 0.304.